The molecule has 1 aliphatic heterocycles. The van der Waals surface area contributed by atoms with E-state index >= 15 is 0 Å². The number of sulfonamides is 1. The zero-order chi connectivity index (χ0) is 16.9. The molecule has 2 N–H and O–H groups in total. The largest absolute Gasteiger partial charge is 0.326 e. The highest BCUT2D eigenvalue weighted by molar-refractivity contribution is 7.89. The maximum atomic E-state index is 12.0. The van der Waals surface area contributed by atoms with Crippen molar-refractivity contribution in [2.24, 2.45) is 0 Å². The first-order valence-corrected chi connectivity index (χ1v) is 9.13. The lowest BCUT2D eigenvalue weighted by Crippen LogP contribution is -2.39. The van der Waals surface area contributed by atoms with Gasteiger partial charge in [0, 0.05) is 37.8 Å². The smallest absolute Gasteiger partial charge is 0.225 e. The average Bonchev–Trinajstić information content (AvgIpc) is 2.45. The van der Waals surface area contributed by atoms with Gasteiger partial charge >= 0.3 is 0 Å². The van der Waals surface area contributed by atoms with Crippen LogP contribution in [0.3, 0.4) is 0 Å². The third-order valence-electron chi connectivity index (χ3n) is 3.51. The molecule has 0 aliphatic carbocycles. The number of carbonyl (C=O) groups is 2. The van der Waals surface area contributed by atoms with Gasteiger partial charge in [-0.15, -0.1) is 0 Å². The van der Waals surface area contributed by atoms with Crippen LogP contribution in [0.1, 0.15) is 26.2 Å². The molecule has 1 fully saturated rings. The van der Waals surface area contributed by atoms with E-state index in [9.17, 15) is 18.0 Å². The molecule has 23 heavy (non-hydrogen) atoms. The molecule has 2 amide bonds. The van der Waals surface area contributed by atoms with Gasteiger partial charge in [0.05, 0.1) is 5.75 Å². The summed E-state index contributed by atoms with van der Waals surface area (Å²) in [6.45, 7) is 2.08. The Labute approximate surface area is 136 Å². The summed E-state index contributed by atoms with van der Waals surface area (Å²) in [7, 11) is -3.21. The molecule has 1 aromatic rings. The molecule has 1 aromatic carbocycles. The Hall–Kier alpha value is -1.93. The van der Waals surface area contributed by atoms with Gasteiger partial charge in [-0.05, 0) is 31.0 Å². The molecule has 2 rings (SSSR count). The number of rotatable bonds is 5. The Morgan fingerprint density at radius 3 is 2.52 bits per heavy atom. The third kappa shape index (κ3) is 5.33. The van der Waals surface area contributed by atoms with Gasteiger partial charge in [0.1, 0.15) is 0 Å². The van der Waals surface area contributed by atoms with Gasteiger partial charge < -0.3 is 10.6 Å². The van der Waals surface area contributed by atoms with Crippen LogP contribution in [0.15, 0.2) is 24.3 Å². The van der Waals surface area contributed by atoms with Crippen molar-refractivity contribution in [3.05, 3.63) is 24.3 Å². The van der Waals surface area contributed by atoms with Gasteiger partial charge in [0.15, 0.2) is 0 Å². The first-order valence-electron chi connectivity index (χ1n) is 7.52. The number of carbonyl (C=O) groups excluding carboxylic acids is 2. The second-order valence-electron chi connectivity index (χ2n) is 5.48. The Morgan fingerprint density at radius 1 is 1.17 bits per heavy atom. The van der Waals surface area contributed by atoms with Gasteiger partial charge in [-0.1, -0.05) is 6.07 Å². The first-order chi connectivity index (χ1) is 10.9. The van der Waals surface area contributed by atoms with Crippen LogP contribution in [0, 0.1) is 0 Å². The molecule has 0 radical (unpaired) electrons. The Kier molecular flexibility index (Phi) is 5.73. The van der Waals surface area contributed by atoms with E-state index in [-0.39, 0.29) is 30.5 Å². The first kappa shape index (κ1) is 17.4. The van der Waals surface area contributed by atoms with Gasteiger partial charge in [0.25, 0.3) is 0 Å². The zero-order valence-corrected chi connectivity index (χ0v) is 13.9. The summed E-state index contributed by atoms with van der Waals surface area (Å²) in [5, 5.41) is 5.35. The van der Waals surface area contributed by atoms with Crippen molar-refractivity contribution in [3.8, 4) is 0 Å². The Bertz CT molecular complexity index is 688. The molecule has 1 aliphatic rings. The number of hydrogen-bond donors (Lipinski definition) is 2. The summed E-state index contributed by atoms with van der Waals surface area (Å²) >= 11 is 0. The lowest BCUT2D eigenvalue weighted by molar-refractivity contribution is -0.116. The van der Waals surface area contributed by atoms with Crippen molar-refractivity contribution >= 4 is 33.2 Å². The van der Waals surface area contributed by atoms with E-state index < -0.39 is 10.0 Å². The van der Waals surface area contributed by atoms with Crippen molar-refractivity contribution < 1.29 is 18.0 Å². The molecule has 1 saturated heterocycles. The van der Waals surface area contributed by atoms with E-state index in [1.807, 2.05) is 0 Å². The van der Waals surface area contributed by atoms with Crippen molar-refractivity contribution in [1.82, 2.24) is 4.31 Å². The van der Waals surface area contributed by atoms with Crippen molar-refractivity contribution in [1.29, 1.82) is 0 Å². The molecule has 0 spiro atoms. The third-order valence-corrected chi connectivity index (χ3v) is 5.46. The van der Waals surface area contributed by atoms with Crippen molar-refractivity contribution in [3.63, 3.8) is 0 Å². The Morgan fingerprint density at radius 2 is 1.87 bits per heavy atom. The normalized spacial score (nSPS) is 17.4. The van der Waals surface area contributed by atoms with Crippen LogP contribution >= 0.6 is 0 Å². The van der Waals surface area contributed by atoms with Gasteiger partial charge in [-0.25, -0.2) is 12.7 Å². The van der Waals surface area contributed by atoms with Crippen LogP contribution in [0.5, 0.6) is 0 Å². The van der Waals surface area contributed by atoms with E-state index in [0.29, 0.717) is 24.3 Å². The minimum Gasteiger partial charge on any atom is -0.326 e. The standard InChI is InChI=1S/C15H21N3O4S/c1-12(19)16-13-5-4-6-14(11-13)17-15(20)7-9-18-8-2-3-10-23(18,21)22/h4-6,11H,2-3,7-10H2,1H3,(H,16,19)(H,17,20). The maximum absolute atomic E-state index is 12.0. The van der Waals surface area contributed by atoms with Crippen molar-refractivity contribution in [2.75, 3.05) is 29.5 Å². The van der Waals surface area contributed by atoms with Gasteiger partial charge in [0.2, 0.25) is 21.8 Å². The average molecular weight is 339 g/mol. The lowest BCUT2D eigenvalue weighted by atomic mass is 10.2. The number of nitrogens with one attached hydrogen (secondary N) is 2. The van der Waals surface area contributed by atoms with Crippen LogP contribution < -0.4 is 10.6 Å². The zero-order valence-electron chi connectivity index (χ0n) is 13.0. The molecule has 8 heteroatoms. The highest BCUT2D eigenvalue weighted by atomic mass is 32.2. The minimum absolute atomic E-state index is 0.101. The van der Waals surface area contributed by atoms with Crippen LogP contribution in [-0.4, -0.2) is 43.4 Å². The van der Waals surface area contributed by atoms with E-state index in [1.165, 1.54) is 11.2 Å². The molecule has 0 saturated carbocycles. The molecule has 0 atom stereocenters. The fraction of sp³-hybridized carbons (Fsp3) is 0.467. The Balaban J connectivity index is 1.88. The number of anilines is 2. The predicted molar refractivity (Wildman–Crippen MR) is 88.6 cm³/mol. The SMILES string of the molecule is CC(=O)Nc1cccc(NC(=O)CCN2CCCCS2(=O)=O)c1. The van der Waals surface area contributed by atoms with E-state index in [4.69, 9.17) is 0 Å². The summed E-state index contributed by atoms with van der Waals surface area (Å²) in [6, 6.07) is 6.80. The second-order valence-corrected chi connectivity index (χ2v) is 7.57. The topological polar surface area (TPSA) is 95.6 Å². The molecule has 1 heterocycles. The maximum Gasteiger partial charge on any atom is 0.225 e. The van der Waals surface area contributed by atoms with E-state index in [1.54, 1.807) is 24.3 Å². The molecule has 0 bridgehead atoms. The fourth-order valence-electron chi connectivity index (χ4n) is 2.42. The molecular formula is C15H21N3O4S. The molecule has 0 unspecified atom stereocenters. The summed E-state index contributed by atoms with van der Waals surface area (Å²) in [5.74, 6) is -0.289. The summed E-state index contributed by atoms with van der Waals surface area (Å²) in [6.07, 6.45) is 1.62. The van der Waals surface area contributed by atoms with Crippen LogP contribution in [-0.2, 0) is 19.6 Å². The highest BCUT2D eigenvalue weighted by Crippen LogP contribution is 2.16. The monoisotopic (exact) mass is 339 g/mol. The molecule has 126 valence electrons. The van der Waals surface area contributed by atoms with Crippen LogP contribution in [0.4, 0.5) is 11.4 Å². The highest BCUT2D eigenvalue weighted by Gasteiger charge is 2.25. The second kappa shape index (κ2) is 7.56. The van der Waals surface area contributed by atoms with E-state index in [2.05, 4.69) is 10.6 Å². The number of nitrogens with zero attached hydrogens (tertiary/aromatic N) is 1. The molecule has 0 aromatic heterocycles. The minimum atomic E-state index is -3.21. The van der Waals surface area contributed by atoms with Crippen LogP contribution in [0.25, 0.3) is 0 Å². The lowest BCUT2D eigenvalue weighted by Gasteiger charge is -2.25. The number of benzene rings is 1. The van der Waals surface area contributed by atoms with E-state index in [0.717, 1.165) is 6.42 Å². The molecular weight excluding hydrogens is 318 g/mol. The predicted octanol–water partition coefficient (Wildman–Crippen LogP) is 1.40. The summed E-state index contributed by atoms with van der Waals surface area (Å²) < 4.78 is 25.1. The van der Waals surface area contributed by atoms with Gasteiger partial charge in [-0.2, -0.15) is 0 Å². The van der Waals surface area contributed by atoms with Gasteiger partial charge in [-0.3, -0.25) is 9.59 Å². The molecule has 7 nitrogen and oxygen atoms in total. The summed E-state index contributed by atoms with van der Waals surface area (Å²) in [5.41, 5.74) is 1.15. The number of amides is 2. The van der Waals surface area contributed by atoms with Crippen LogP contribution in [0.2, 0.25) is 0 Å². The number of hydrogen-bond acceptors (Lipinski definition) is 4. The quantitative estimate of drug-likeness (QED) is 0.847. The summed E-state index contributed by atoms with van der Waals surface area (Å²) in [4.78, 5) is 23.0. The fourth-order valence-corrected chi connectivity index (χ4v) is 4.02. The van der Waals surface area contributed by atoms with Crippen molar-refractivity contribution in [2.45, 2.75) is 26.2 Å².